The third-order valence-corrected chi connectivity index (χ3v) is 3.67. The Morgan fingerprint density at radius 2 is 1.67 bits per heavy atom. The van der Waals surface area contributed by atoms with Crippen LogP contribution in [0.5, 0.6) is 5.75 Å². The van der Waals surface area contributed by atoms with Crippen LogP contribution in [0.2, 0.25) is 0 Å². The van der Waals surface area contributed by atoms with E-state index in [0.717, 1.165) is 12.2 Å². The molecule has 0 aliphatic rings. The summed E-state index contributed by atoms with van der Waals surface area (Å²) in [5, 5.41) is 3.64. The molecular weight excluding hydrogens is 258 g/mol. The van der Waals surface area contributed by atoms with Gasteiger partial charge in [0.15, 0.2) is 0 Å². The fraction of sp³-hybridized carbons (Fsp3) is 0.368. The van der Waals surface area contributed by atoms with Crippen LogP contribution < -0.4 is 10.1 Å². The van der Waals surface area contributed by atoms with E-state index in [0.29, 0.717) is 6.04 Å². The van der Waals surface area contributed by atoms with Crippen molar-refractivity contribution in [1.82, 2.24) is 5.32 Å². The van der Waals surface area contributed by atoms with Gasteiger partial charge in [-0.3, -0.25) is 0 Å². The first kappa shape index (κ1) is 15.6. The van der Waals surface area contributed by atoms with Crippen molar-refractivity contribution in [3.63, 3.8) is 0 Å². The molecule has 2 nitrogen and oxygen atoms in total. The summed E-state index contributed by atoms with van der Waals surface area (Å²) in [6.45, 7) is 6.52. The third-order valence-electron chi connectivity index (χ3n) is 3.67. The predicted octanol–water partition coefficient (Wildman–Crippen LogP) is 4.35. The Bertz CT molecular complexity index is 560. The molecule has 0 radical (unpaired) electrons. The van der Waals surface area contributed by atoms with Crippen LogP contribution in [-0.2, 0) is 6.42 Å². The molecule has 0 aliphatic heterocycles. The molecule has 0 saturated carbocycles. The number of rotatable bonds is 6. The molecule has 1 N–H and O–H groups in total. The molecule has 21 heavy (non-hydrogen) atoms. The zero-order valence-electron chi connectivity index (χ0n) is 13.4. The molecule has 1 unspecified atom stereocenters. The van der Waals surface area contributed by atoms with Gasteiger partial charge in [-0.25, -0.2) is 0 Å². The number of hydrogen-bond donors (Lipinski definition) is 1. The molecule has 0 heterocycles. The van der Waals surface area contributed by atoms with E-state index < -0.39 is 0 Å². The van der Waals surface area contributed by atoms with E-state index in [2.05, 4.69) is 62.5 Å². The Labute approximate surface area is 128 Å². The highest BCUT2D eigenvalue weighted by molar-refractivity contribution is 5.42. The Balaban J connectivity index is 2.41. The second kappa shape index (κ2) is 7.28. The van der Waals surface area contributed by atoms with Crippen molar-refractivity contribution in [2.24, 2.45) is 0 Å². The van der Waals surface area contributed by atoms with Crippen molar-refractivity contribution in [3.05, 3.63) is 65.2 Å². The summed E-state index contributed by atoms with van der Waals surface area (Å²) < 4.78 is 5.53. The van der Waals surface area contributed by atoms with E-state index in [-0.39, 0.29) is 6.04 Å². The van der Waals surface area contributed by atoms with Gasteiger partial charge in [0.2, 0.25) is 0 Å². The summed E-state index contributed by atoms with van der Waals surface area (Å²) in [5.74, 6) is 0.926. The molecule has 2 heteroatoms. The maximum Gasteiger partial charge on any atom is 0.123 e. The summed E-state index contributed by atoms with van der Waals surface area (Å²) >= 11 is 0. The van der Waals surface area contributed by atoms with Crippen LogP contribution in [0.3, 0.4) is 0 Å². The van der Waals surface area contributed by atoms with Crippen LogP contribution in [0.25, 0.3) is 0 Å². The number of ether oxygens (including phenoxy) is 1. The molecule has 0 spiro atoms. The molecule has 0 amide bonds. The number of hydrogen-bond acceptors (Lipinski definition) is 2. The zero-order chi connectivity index (χ0) is 15.2. The van der Waals surface area contributed by atoms with Crippen molar-refractivity contribution in [3.8, 4) is 5.75 Å². The summed E-state index contributed by atoms with van der Waals surface area (Å²) in [6.07, 6.45) is 1.07. The maximum absolute atomic E-state index is 5.53. The normalized spacial score (nSPS) is 12.4. The minimum Gasteiger partial charge on any atom is -0.496 e. The molecule has 2 rings (SSSR count). The van der Waals surface area contributed by atoms with Crippen LogP contribution in [-0.4, -0.2) is 13.2 Å². The molecule has 0 fully saturated rings. The first-order valence-electron chi connectivity index (χ1n) is 7.63. The van der Waals surface area contributed by atoms with E-state index in [1.54, 1.807) is 7.11 Å². The summed E-state index contributed by atoms with van der Waals surface area (Å²) in [5.41, 5.74) is 3.81. The molecule has 2 aromatic carbocycles. The predicted molar refractivity (Wildman–Crippen MR) is 88.9 cm³/mol. The lowest BCUT2D eigenvalue weighted by Crippen LogP contribution is -2.29. The molecule has 2 aromatic rings. The van der Waals surface area contributed by atoms with Gasteiger partial charge in [0.05, 0.1) is 13.2 Å². The second-order valence-corrected chi connectivity index (χ2v) is 5.59. The van der Waals surface area contributed by atoms with Gasteiger partial charge < -0.3 is 10.1 Å². The van der Waals surface area contributed by atoms with Gasteiger partial charge in [-0.1, -0.05) is 49.4 Å². The minimum atomic E-state index is 0.145. The number of para-hydroxylation sites is 1. The van der Waals surface area contributed by atoms with Gasteiger partial charge in [-0.15, -0.1) is 0 Å². The molecule has 0 bridgehead atoms. The molecule has 1 atom stereocenters. The SMILES string of the molecule is CCc1ccc(C(NC(C)C)c2ccccc2OC)cc1. The minimum absolute atomic E-state index is 0.145. The first-order chi connectivity index (χ1) is 10.2. The summed E-state index contributed by atoms with van der Waals surface area (Å²) in [6, 6.07) is 17.6. The van der Waals surface area contributed by atoms with Crippen LogP contribution in [0.1, 0.15) is 43.5 Å². The lowest BCUT2D eigenvalue weighted by Gasteiger charge is -2.24. The number of nitrogens with one attached hydrogen (secondary N) is 1. The van der Waals surface area contributed by atoms with E-state index >= 15 is 0 Å². The van der Waals surface area contributed by atoms with Gasteiger partial charge >= 0.3 is 0 Å². The molecule has 112 valence electrons. The van der Waals surface area contributed by atoms with E-state index in [1.807, 2.05) is 12.1 Å². The smallest absolute Gasteiger partial charge is 0.123 e. The molecule has 0 aliphatic carbocycles. The Morgan fingerprint density at radius 3 is 2.24 bits per heavy atom. The van der Waals surface area contributed by atoms with Gasteiger partial charge in [0.1, 0.15) is 5.75 Å². The van der Waals surface area contributed by atoms with Gasteiger partial charge in [0, 0.05) is 11.6 Å². The second-order valence-electron chi connectivity index (χ2n) is 5.59. The summed E-state index contributed by atoms with van der Waals surface area (Å²) in [7, 11) is 1.73. The van der Waals surface area contributed by atoms with Crippen LogP contribution in [0, 0.1) is 0 Å². The van der Waals surface area contributed by atoms with Crippen molar-refractivity contribution in [2.75, 3.05) is 7.11 Å². The van der Waals surface area contributed by atoms with Crippen molar-refractivity contribution >= 4 is 0 Å². The summed E-state index contributed by atoms with van der Waals surface area (Å²) in [4.78, 5) is 0. The van der Waals surface area contributed by atoms with Gasteiger partial charge in [0.25, 0.3) is 0 Å². The fourth-order valence-electron chi connectivity index (χ4n) is 2.55. The Hall–Kier alpha value is -1.80. The molecule has 0 saturated heterocycles. The molecule has 0 aromatic heterocycles. The highest BCUT2D eigenvalue weighted by Gasteiger charge is 2.18. The highest BCUT2D eigenvalue weighted by Crippen LogP contribution is 2.30. The van der Waals surface area contributed by atoms with Gasteiger partial charge in [-0.05, 0) is 37.5 Å². The quantitative estimate of drug-likeness (QED) is 0.851. The van der Waals surface area contributed by atoms with Crippen LogP contribution in [0.4, 0.5) is 0 Å². The largest absolute Gasteiger partial charge is 0.496 e. The fourth-order valence-corrected chi connectivity index (χ4v) is 2.55. The van der Waals surface area contributed by atoms with Crippen molar-refractivity contribution in [2.45, 2.75) is 39.3 Å². The average Bonchev–Trinajstić information content (AvgIpc) is 2.52. The average molecular weight is 283 g/mol. The lowest BCUT2D eigenvalue weighted by atomic mass is 9.96. The van der Waals surface area contributed by atoms with Gasteiger partial charge in [-0.2, -0.15) is 0 Å². The Kier molecular flexibility index (Phi) is 5.40. The van der Waals surface area contributed by atoms with Crippen LogP contribution in [0.15, 0.2) is 48.5 Å². The number of benzene rings is 2. The van der Waals surface area contributed by atoms with E-state index in [1.165, 1.54) is 16.7 Å². The molecular formula is C19H25NO. The topological polar surface area (TPSA) is 21.3 Å². The number of aryl methyl sites for hydroxylation is 1. The van der Waals surface area contributed by atoms with E-state index in [4.69, 9.17) is 4.74 Å². The highest BCUT2D eigenvalue weighted by atomic mass is 16.5. The van der Waals surface area contributed by atoms with E-state index in [9.17, 15) is 0 Å². The number of methoxy groups -OCH3 is 1. The maximum atomic E-state index is 5.53. The van der Waals surface area contributed by atoms with Crippen LogP contribution >= 0.6 is 0 Å². The first-order valence-corrected chi connectivity index (χ1v) is 7.63. The standard InChI is InChI=1S/C19H25NO/c1-5-15-10-12-16(13-11-15)19(20-14(2)3)17-8-6-7-9-18(17)21-4/h6-14,19-20H,5H2,1-4H3. The zero-order valence-corrected chi connectivity index (χ0v) is 13.4. The van der Waals surface area contributed by atoms with Crippen molar-refractivity contribution in [1.29, 1.82) is 0 Å². The lowest BCUT2D eigenvalue weighted by molar-refractivity contribution is 0.401. The van der Waals surface area contributed by atoms with Crippen molar-refractivity contribution < 1.29 is 4.74 Å². The Morgan fingerprint density at radius 1 is 1.00 bits per heavy atom. The monoisotopic (exact) mass is 283 g/mol. The third kappa shape index (κ3) is 3.85.